The van der Waals surface area contributed by atoms with Gasteiger partial charge in [0.1, 0.15) is 12.4 Å². The van der Waals surface area contributed by atoms with Gasteiger partial charge in [0.2, 0.25) is 5.91 Å². The number of aliphatic hydroxyl groups excluding tert-OH is 1. The number of amides is 2. The molecule has 1 unspecified atom stereocenters. The van der Waals surface area contributed by atoms with E-state index in [2.05, 4.69) is 13.0 Å². The molecule has 2 heterocycles. The predicted octanol–water partition coefficient (Wildman–Crippen LogP) is 6.46. The number of aliphatic hydroxyl groups is 1. The van der Waals surface area contributed by atoms with Gasteiger partial charge >= 0.3 is 18.2 Å². The van der Waals surface area contributed by atoms with E-state index in [1.54, 1.807) is 4.90 Å². The van der Waals surface area contributed by atoms with Crippen LogP contribution in [0.25, 0.3) is 0 Å². The van der Waals surface area contributed by atoms with Crippen LogP contribution in [0, 0.1) is 23.2 Å². The lowest BCUT2D eigenvalue weighted by atomic mass is 9.52. The van der Waals surface area contributed by atoms with E-state index in [-0.39, 0.29) is 53.4 Å². The minimum absolute atomic E-state index is 0.0148. The molecule has 2 saturated heterocycles. The summed E-state index contributed by atoms with van der Waals surface area (Å²) in [5.74, 6) is -3.23. The highest BCUT2D eigenvalue weighted by atomic mass is 32.2. The van der Waals surface area contributed by atoms with Crippen molar-refractivity contribution in [2.24, 2.45) is 23.2 Å². The minimum atomic E-state index is -5.61. The Bertz CT molecular complexity index is 1420. The quantitative estimate of drug-likeness (QED) is 0.278. The highest BCUT2D eigenvalue weighted by Crippen LogP contribution is 2.62. The van der Waals surface area contributed by atoms with Crippen LogP contribution >= 0.6 is 0 Å². The number of carbonyl (C=O) groups excluding carboxylic acids is 2. The number of alkyl halides is 5. The fourth-order valence-corrected chi connectivity index (χ4v) is 10.9. The van der Waals surface area contributed by atoms with Crippen LogP contribution in [-0.2, 0) is 26.8 Å². The Labute approximate surface area is 292 Å². The first-order chi connectivity index (χ1) is 23.7. The molecule has 50 heavy (non-hydrogen) atoms. The Balaban J connectivity index is 1.09. The number of halogens is 5. The lowest BCUT2D eigenvalue weighted by molar-refractivity contribution is -0.284. The standard InChI is InChI=1S/C36H49F5N2O6S/c1-34-13-9-28-27-6-5-26(49-33(46)42-14-10-25(11-15-42)43-16-17-48-22-31(43)45)21-24(27)20-23(32(28)29(34)7-8-30(34)44)4-2-18-50(47)19-3-12-35(37,38)36(39,40)41/h5-6,21,23,25,28-30,32,44H,2-4,7-20,22H2,1H3/t23-,28-,29+,30+,32-,34+,50?/m1/s1. The number of nitrogens with zero attached hydrogens (tertiary/aromatic N) is 2. The largest absolute Gasteiger partial charge is 0.453 e. The second kappa shape index (κ2) is 15.0. The van der Waals surface area contributed by atoms with Crippen LogP contribution in [0.15, 0.2) is 18.2 Å². The lowest BCUT2D eigenvalue weighted by Gasteiger charge is -2.53. The van der Waals surface area contributed by atoms with Crippen molar-refractivity contribution < 1.29 is 50.3 Å². The summed E-state index contributed by atoms with van der Waals surface area (Å²) in [6.45, 7) is 4.36. The van der Waals surface area contributed by atoms with Gasteiger partial charge < -0.3 is 24.4 Å². The Hall–Kier alpha value is -2.32. The van der Waals surface area contributed by atoms with Crippen LogP contribution in [0.1, 0.15) is 88.2 Å². The van der Waals surface area contributed by atoms with Gasteiger partial charge in [0, 0.05) is 54.4 Å². The number of piperidine rings is 1. The predicted molar refractivity (Wildman–Crippen MR) is 176 cm³/mol. The highest BCUT2D eigenvalue weighted by molar-refractivity contribution is 7.84. The second-order valence-corrected chi connectivity index (χ2v) is 17.0. The lowest BCUT2D eigenvalue weighted by Crippen LogP contribution is -2.52. The molecule has 7 atom stereocenters. The summed E-state index contributed by atoms with van der Waals surface area (Å²) in [6, 6.07) is 5.96. The Morgan fingerprint density at radius 1 is 1.06 bits per heavy atom. The van der Waals surface area contributed by atoms with Gasteiger partial charge in [-0.2, -0.15) is 22.0 Å². The number of benzene rings is 1. The van der Waals surface area contributed by atoms with E-state index in [9.17, 15) is 40.9 Å². The van der Waals surface area contributed by atoms with Gasteiger partial charge in [-0.15, -0.1) is 0 Å². The van der Waals surface area contributed by atoms with Crippen molar-refractivity contribution in [3.05, 3.63) is 29.3 Å². The zero-order chi connectivity index (χ0) is 35.8. The topological polar surface area (TPSA) is 96.4 Å². The molecule has 2 amide bonds. The van der Waals surface area contributed by atoms with Gasteiger partial charge in [0.05, 0.1) is 12.7 Å². The highest BCUT2D eigenvalue weighted by Gasteiger charge is 2.57. The van der Waals surface area contributed by atoms with Crippen molar-refractivity contribution in [3.63, 3.8) is 0 Å². The van der Waals surface area contributed by atoms with E-state index in [4.69, 9.17) is 9.47 Å². The molecule has 1 aromatic rings. The van der Waals surface area contributed by atoms with Crippen molar-refractivity contribution in [3.8, 4) is 5.75 Å². The number of fused-ring (bicyclic) bond motifs is 5. The van der Waals surface area contributed by atoms with Crippen LogP contribution in [0.5, 0.6) is 5.75 Å². The van der Waals surface area contributed by atoms with Gasteiger partial charge in [0.15, 0.2) is 0 Å². The van der Waals surface area contributed by atoms with Gasteiger partial charge in [0.25, 0.3) is 0 Å². The summed E-state index contributed by atoms with van der Waals surface area (Å²) in [5.41, 5.74) is 2.16. The molecule has 2 aliphatic heterocycles. The zero-order valence-electron chi connectivity index (χ0n) is 28.6. The third-order valence-corrected chi connectivity index (χ3v) is 13.9. The summed E-state index contributed by atoms with van der Waals surface area (Å²) in [5, 5.41) is 11.0. The number of rotatable bonds is 10. The first-order valence-electron chi connectivity index (χ1n) is 18.1. The zero-order valence-corrected chi connectivity index (χ0v) is 29.4. The first-order valence-corrected chi connectivity index (χ1v) is 19.6. The smallest absolute Gasteiger partial charge is 0.410 e. The van der Waals surface area contributed by atoms with E-state index in [1.165, 1.54) is 5.56 Å². The van der Waals surface area contributed by atoms with Gasteiger partial charge in [-0.05, 0) is 117 Å². The van der Waals surface area contributed by atoms with Gasteiger partial charge in [-0.25, -0.2) is 4.79 Å². The molecule has 280 valence electrons. The molecule has 4 fully saturated rings. The summed E-state index contributed by atoms with van der Waals surface area (Å²) in [7, 11) is -1.51. The molecule has 8 nitrogen and oxygen atoms in total. The van der Waals surface area contributed by atoms with Crippen molar-refractivity contribution >= 4 is 22.8 Å². The Morgan fingerprint density at radius 2 is 1.80 bits per heavy atom. The third-order valence-electron chi connectivity index (χ3n) is 12.4. The average Bonchev–Trinajstić information content (AvgIpc) is 3.38. The van der Waals surface area contributed by atoms with Crippen molar-refractivity contribution in [1.29, 1.82) is 0 Å². The molecular formula is C36H49F5N2O6S. The summed E-state index contributed by atoms with van der Waals surface area (Å²) in [6.07, 6.45) is -1.38. The van der Waals surface area contributed by atoms with Crippen LogP contribution in [0.3, 0.4) is 0 Å². The van der Waals surface area contributed by atoms with E-state index in [0.29, 0.717) is 69.5 Å². The van der Waals surface area contributed by atoms with Crippen LogP contribution in [-0.4, -0.2) is 99.7 Å². The van der Waals surface area contributed by atoms with Crippen molar-refractivity contribution in [2.75, 3.05) is 44.4 Å². The number of likely N-dealkylation sites (tertiary alicyclic amines) is 1. The van der Waals surface area contributed by atoms with Crippen LogP contribution < -0.4 is 4.74 Å². The van der Waals surface area contributed by atoms with E-state index in [1.807, 2.05) is 17.0 Å². The molecule has 0 radical (unpaired) electrons. The number of ether oxygens (including phenoxy) is 2. The van der Waals surface area contributed by atoms with E-state index < -0.39 is 41.8 Å². The first kappa shape index (κ1) is 37.4. The average molecular weight is 733 g/mol. The summed E-state index contributed by atoms with van der Waals surface area (Å²) in [4.78, 5) is 29.0. The molecule has 0 aromatic heterocycles. The van der Waals surface area contributed by atoms with Crippen molar-refractivity contribution in [2.45, 2.75) is 108 Å². The fraction of sp³-hybridized carbons (Fsp3) is 0.778. The van der Waals surface area contributed by atoms with E-state index >= 15 is 0 Å². The number of morpholine rings is 1. The number of carbonyl (C=O) groups is 2. The molecule has 0 spiro atoms. The van der Waals surface area contributed by atoms with E-state index in [0.717, 1.165) is 37.7 Å². The maximum atomic E-state index is 13.3. The SMILES string of the molecule is C[C@]12CC[C@@H]3c4ccc(OC(=O)N5CCC(N6CCOCC6=O)CC5)cc4C[C@@H](CCCS(=O)CCCC(F)(F)C(F)(F)F)[C@H]3[C@@H]1CC[C@@H]2O. The minimum Gasteiger partial charge on any atom is -0.410 e. The van der Waals surface area contributed by atoms with Gasteiger partial charge in [-0.3, -0.25) is 9.00 Å². The van der Waals surface area contributed by atoms with Crippen LogP contribution in [0.4, 0.5) is 26.7 Å². The monoisotopic (exact) mass is 732 g/mol. The molecule has 2 saturated carbocycles. The second-order valence-electron chi connectivity index (χ2n) is 15.3. The Kier molecular flexibility index (Phi) is 11.2. The normalized spacial score (nSPS) is 31.2. The molecule has 3 aliphatic carbocycles. The maximum Gasteiger partial charge on any atom is 0.453 e. The van der Waals surface area contributed by atoms with Gasteiger partial charge in [-0.1, -0.05) is 13.0 Å². The molecular weight excluding hydrogens is 683 g/mol. The summed E-state index contributed by atoms with van der Waals surface area (Å²) >= 11 is 0. The summed E-state index contributed by atoms with van der Waals surface area (Å²) < 4.78 is 88.0. The molecule has 5 aliphatic rings. The number of hydrogen-bond acceptors (Lipinski definition) is 6. The molecule has 1 aromatic carbocycles. The Morgan fingerprint density at radius 3 is 2.52 bits per heavy atom. The fourth-order valence-electron chi connectivity index (χ4n) is 9.73. The molecule has 6 rings (SSSR count). The molecule has 14 heteroatoms. The number of hydrogen-bond donors (Lipinski definition) is 1. The third kappa shape index (κ3) is 7.72. The molecule has 1 N–H and O–H groups in total. The van der Waals surface area contributed by atoms with Crippen molar-refractivity contribution in [1.82, 2.24) is 9.80 Å². The maximum absolute atomic E-state index is 13.3. The van der Waals surface area contributed by atoms with Crippen LogP contribution in [0.2, 0.25) is 0 Å². The molecule has 0 bridgehead atoms.